The van der Waals surface area contributed by atoms with E-state index < -0.39 is 22.0 Å². The van der Waals surface area contributed by atoms with Gasteiger partial charge in [0.1, 0.15) is 0 Å². The van der Waals surface area contributed by atoms with Crippen LogP contribution in [0, 0.1) is 0 Å². The molecule has 8 heteroatoms. The Hall–Kier alpha value is -1.41. The summed E-state index contributed by atoms with van der Waals surface area (Å²) in [5.41, 5.74) is 0. The van der Waals surface area contributed by atoms with E-state index in [2.05, 4.69) is 4.72 Å². The highest BCUT2D eigenvalue weighted by molar-refractivity contribution is 7.88. The van der Waals surface area contributed by atoms with Crippen molar-refractivity contribution in [3.8, 4) is 0 Å². The normalized spacial score (nSPS) is 11.8. The average molecular weight is 293 g/mol. The minimum atomic E-state index is -3.22. The lowest BCUT2D eigenvalue weighted by molar-refractivity contribution is -0.142. The minimum absolute atomic E-state index is 0.0604. The van der Waals surface area contributed by atoms with E-state index in [1.807, 2.05) is 0 Å². The Kier molecular flexibility index (Phi) is 8.01. The summed E-state index contributed by atoms with van der Waals surface area (Å²) in [4.78, 5) is 22.2. The highest BCUT2D eigenvalue weighted by atomic mass is 32.2. The number of carbonyl (C=O) groups excluding carboxylic acids is 2. The summed E-state index contributed by atoms with van der Waals surface area (Å²) in [5.74, 6) is -1.30. The molecule has 0 spiro atoms. The number of ether oxygens (including phenoxy) is 2. The van der Waals surface area contributed by atoms with Gasteiger partial charge in [-0.25, -0.2) is 22.7 Å². The Morgan fingerprint density at radius 3 is 2.32 bits per heavy atom. The number of sulfonamides is 1. The van der Waals surface area contributed by atoms with Crippen LogP contribution >= 0.6 is 0 Å². The Labute approximate surface area is 113 Å². The van der Waals surface area contributed by atoms with E-state index in [9.17, 15) is 18.0 Å². The quantitative estimate of drug-likeness (QED) is 0.383. The number of hydrogen-bond acceptors (Lipinski definition) is 6. The molecule has 0 rings (SSSR count). The Bertz CT molecular complexity index is 426. The average Bonchev–Trinajstić information content (AvgIpc) is 2.23. The summed E-state index contributed by atoms with van der Waals surface area (Å²) < 4.78 is 33.2. The predicted octanol–water partition coefficient (Wildman–Crippen LogP) is -0.0233. The zero-order valence-corrected chi connectivity index (χ0v) is 12.0. The van der Waals surface area contributed by atoms with Gasteiger partial charge >= 0.3 is 11.9 Å². The monoisotopic (exact) mass is 293 g/mol. The second-order valence-electron chi connectivity index (χ2n) is 4.01. The Morgan fingerprint density at radius 1 is 1.21 bits per heavy atom. The van der Waals surface area contributed by atoms with Crippen LogP contribution < -0.4 is 4.72 Å². The highest BCUT2D eigenvalue weighted by Gasteiger charge is 2.03. The van der Waals surface area contributed by atoms with Crippen molar-refractivity contribution in [2.75, 3.05) is 19.4 Å². The molecule has 0 amide bonds. The topological polar surface area (TPSA) is 98.8 Å². The van der Waals surface area contributed by atoms with Gasteiger partial charge in [0.2, 0.25) is 10.0 Å². The first-order chi connectivity index (χ1) is 8.70. The van der Waals surface area contributed by atoms with Gasteiger partial charge in [0, 0.05) is 18.7 Å². The smallest absolute Gasteiger partial charge is 0.331 e. The standard InChI is InChI=1S/C11H19NO6S/c1-9(2)18-11(14)6-5-10(13)17-8-4-7-12-19(3,15)16/h5-6,9,12H,4,7-8H2,1-3H3. The van der Waals surface area contributed by atoms with Crippen LogP contribution in [-0.2, 0) is 29.1 Å². The summed E-state index contributed by atoms with van der Waals surface area (Å²) in [5, 5.41) is 0. The van der Waals surface area contributed by atoms with E-state index in [4.69, 9.17) is 9.47 Å². The molecule has 0 atom stereocenters. The lowest BCUT2D eigenvalue weighted by Gasteiger charge is -2.04. The van der Waals surface area contributed by atoms with Gasteiger partial charge in [-0.3, -0.25) is 0 Å². The SMILES string of the molecule is CC(C)OC(=O)C=CC(=O)OCCCNS(C)(=O)=O. The third-order valence-corrected chi connectivity index (χ3v) is 2.37. The molecule has 19 heavy (non-hydrogen) atoms. The molecule has 0 aromatic carbocycles. The number of rotatable bonds is 8. The van der Waals surface area contributed by atoms with Crippen molar-refractivity contribution in [3.63, 3.8) is 0 Å². The van der Waals surface area contributed by atoms with Crippen molar-refractivity contribution in [2.24, 2.45) is 0 Å². The van der Waals surface area contributed by atoms with E-state index >= 15 is 0 Å². The summed E-state index contributed by atoms with van der Waals surface area (Å²) in [6, 6.07) is 0. The Balaban J connectivity index is 3.76. The molecule has 0 aromatic heterocycles. The molecule has 1 N–H and O–H groups in total. The van der Waals surface area contributed by atoms with E-state index in [-0.39, 0.29) is 19.3 Å². The highest BCUT2D eigenvalue weighted by Crippen LogP contribution is 1.92. The largest absolute Gasteiger partial charge is 0.462 e. The van der Waals surface area contributed by atoms with Crippen molar-refractivity contribution in [3.05, 3.63) is 12.2 Å². The van der Waals surface area contributed by atoms with Crippen molar-refractivity contribution in [2.45, 2.75) is 26.4 Å². The van der Waals surface area contributed by atoms with Crippen LogP contribution in [0.15, 0.2) is 12.2 Å². The van der Waals surface area contributed by atoms with Crippen LogP contribution in [0.5, 0.6) is 0 Å². The molecule has 0 aliphatic carbocycles. The van der Waals surface area contributed by atoms with E-state index in [1.54, 1.807) is 13.8 Å². The van der Waals surface area contributed by atoms with Crippen molar-refractivity contribution >= 4 is 22.0 Å². The maximum absolute atomic E-state index is 11.1. The maximum Gasteiger partial charge on any atom is 0.331 e. The Morgan fingerprint density at radius 2 is 1.79 bits per heavy atom. The fraction of sp³-hybridized carbons (Fsp3) is 0.636. The summed E-state index contributed by atoms with van der Waals surface area (Å²) in [6.07, 6.45) is 3.09. The van der Waals surface area contributed by atoms with Gasteiger partial charge in [-0.15, -0.1) is 0 Å². The molecule has 0 bridgehead atoms. The van der Waals surface area contributed by atoms with Gasteiger partial charge < -0.3 is 9.47 Å². The summed E-state index contributed by atoms with van der Waals surface area (Å²) >= 11 is 0. The molecule has 0 fully saturated rings. The van der Waals surface area contributed by atoms with Gasteiger partial charge in [-0.05, 0) is 20.3 Å². The molecule has 0 unspecified atom stereocenters. The predicted molar refractivity (Wildman–Crippen MR) is 68.8 cm³/mol. The third-order valence-electron chi connectivity index (χ3n) is 1.64. The minimum Gasteiger partial charge on any atom is -0.462 e. The lowest BCUT2D eigenvalue weighted by Crippen LogP contribution is -2.24. The molecular weight excluding hydrogens is 274 g/mol. The van der Waals surface area contributed by atoms with E-state index in [1.165, 1.54) is 0 Å². The first-order valence-electron chi connectivity index (χ1n) is 5.71. The third kappa shape index (κ3) is 12.8. The molecule has 0 radical (unpaired) electrons. The van der Waals surface area contributed by atoms with Crippen LogP contribution in [0.1, 0.15) is 20.3 Å². The van der Waals surface area contributed by atoms with Crippen molar-refractivity contribution in [1.29, 1.82) is 0 Å². The van der Waals surface area contributed by atoms with Gasteiger partial charge in [0.15, 0.2) is 0 Å². The molecular formula is C11H19NO6S. The summed E-state index contributed by atoms with van der Waals surface area (Å²) in [7, 11) is -3.22. The van der Waals surface area contributed by atoms with Crippen molar-refractivity contribution in [1.82, 2.24) is 4.72 Å². The second kappa shape index (κ2) is 8.65. The molecule has 110 valence electrons. The molecule has 7 nitrogen and oxygen atoms in total. The second-order valence-corrected chi connectivity index (χ2v) is 5.84. The molecule has 0 saturated heterocycles. The molecule has 0 aliphatic rings. The van der Waals surface area contributed by atoms with Crippen LogP contribution in [0.3, 0.4) is 0 Å². The van der Waals surface area contributed by atoms with Crippen LogP contribution in [0.4, 0.5) is 0 Å². The van der Waals surface area contributed by atoms with Crippen LogP contribution in [0.25, 0.3) is 0 Å². The maximum atomic E-state index is 11.1. The molecule has 0 saturated carbocycles. The van der Waals surface area contributed by atoms with Crippen LogP contribution in [0.2, 0.25) is 0 Å². The van der Waals surface area contributed by atoms with Crippen molar-refractivity contribution < 1.29 is 27.5 Å². The summed E-state index contributed by atoms with van der Waals surface area (Å²) in [6.45, 7) is 3.63. The first-order valence-corrected chi connectivity index (χ1v) is 7.60. The number of nitrogens with one attached hydrogen (secondary N) is 1. The molecule has 0 aliphatic heterocycles. The number of hydrogen-bond donors (Lipinski definition) is 1. The lowest BCUT2D eigenvalue weighted by atomic mass is 10.4. The fourth-order valence-corrected chi connectivity index (χ4v) is 1.47. The fourth-order valence-electron chi connectivity index (χ4n) is 0.958. The first kappa shape index (κ1) is 17.6. The molecule has 0 aromatic rings. The van der Waals surface area contributed by atoms with Gasteiger partial charge in [0.05, 0.1) is 19.0 Å². The van der Waals surface area contributed by atoms with Gasteiger partial charge in [-0.2, -0.15) is 0 Å². The molecule has 0 heterocycles. The van der Waals surface area contributed by atoms with Gasteiger partial charge in [-0.1, -0.05) is 0 Å². The number of carbonyl (C=O) groups is 2. The number of esters is 2. The van der Waals surface area contributed by atoms with E-state index in [0.717, 1.165) is 18.4 Å². The van der Waals surface area contributed by atoms with E-state index in [0.29, 0.717) is 6.42 Å². The zero-order valence-electron chi connectivity index (χ0n) is 11.2. The van der Waals surface area contributed by atoms with Gasteiger partial charge in [0.25, 0.3) is 0 Å². The zero-order chi connectivity index (χ0) is 14.9. The van der Waals surface area contributed by atoms with Crippen LogP contribution in [-0.4, -0.2) is 45.9 Å².